The van der Waals surface area contributed by atoms with Gasteiger partial charge in [0.2, 0.25) is 0 Å². The minimum atomic E-state index is -2.89. The van der Waals surface area contributed by atoms with Crippen molar-refractivity contribution in [3.05, 3.63) is 0 Å². The maximum absolute atomic E-state index is 11.8. The van der Waals surface area contributed by atoms with Crippen LogP contribution in [-0.2, 0) is 4.79 Å². The van der Waals surface area contributed by atoms with Crippen molar-refractivity contribution in [3.8, 4) is 0 Å². The predicted molar refractivity (Wildman–Crippen MR) is 53.9 cm³/mol. The molecule has 0 bridgehead atoms. The van der Waals surface area contributed by atoms with Crippen LogP contribution in [0.3, 0.4) is 0 Å². The second-order valence-corrected chi connectivity index (χ2v) is 4.13. The number of carbonyl (C=O) groups is 1. The molecule has 1 aliphatic heterocycles. The van der Waals surface area contributed by atoms with E-state index in [9.17, 15) is 13.6 Å². The lowest BCUT2D eigenvalue weighted by atomic mass is 9.94. The van der Waals surface area contributed by atoms with Gasteiger partial charge in [-0.3, -0.25) is 4.79 Å². The van der Waals surface area contributed by atoms with Gasteiger partial charge in [0.25, 0.3) is 5.91 Å². The fourth-order valence-corrected chi connectivity index (χ4v) is 1.83. The van der Waals surface area contributed by atoms with Crippen molar-refractivity contribution < 1.29 is 13.6 Å². The molecule has 0 saturated carbocycles. The normalized spacial score (nSPS) is 19.5. The molecule has 0 unspecified atom stereocenters. The van der Waals surface area contributed by atoms with E-state index < -0.39 is 12.3 Å². The lowest BCUT2D eigenvalue weighted by molar-refractivity contribution is -0.131. The summed E-state index contributed by atoms with van der Waals surface area (Å²) in [5.41, 5.74) is 0. The lowest BCUT2D eigenvalue weighted by Crippen LogP contribution is -2.34. The quantitative estimate of drug-likeness (QED) is 0.769. The molecule has 0 aliphatic carbocycles. The third-order valence-electron chi connectivity index (χ3n) is 2.89. The molecule has 0 atom stereocenters. The van der Waals surface area contributed by atoms with Crippen molar-refractivity contribution in [1.82, 2.24) is 10.2 Å². The van der Waals surface area contributed by atoms with Gasteiger partial charge in [-0.05, 0) is 45.3 Å². The molecule has 0 aromatic heterocycles. The Morgan fingerprint density at radius 3 is 2.60 bits per heavy atom. The van der Waals surface area contributed by atoms with Gasteiger partial charge in [-0.2, -0.15) is 8.78 Å². The Morgan fingerprint density at radius 2 is 2.07 bits per heavy atom. The summed E-state index contributed by atoms with van der Waals surface area (Å²) in [5, 5.41) is 2.24. The van der Waals surface area contributed by atoms with E-state index in [0.717, 1.165) is 32.4 Å². The first kappa shape index (κ1) is 12.4. The van der Waals surface area contributed by atoms with E-state index in [1.54, 1.807) is 0 Å². The summed E-state index contributed by atoms with van der Waals surface area (Å²) in [6.45, 7) is 2.50. The van der Waals surface area contributed by atoms with Crippen molar-refractivity contribution in [2.45, 2.75) is 25.7 Å². The van der Waals surface area contributed by atoms with Crippen molar-refractivity contribution in [2.24, 2.45) is 5.92 Å². The zero-order valence-corrected chi connectivity index (χ0v) is 9.01. The van der Waals surface area contributed by atoms with Crippen LogP contribution in [-0.4, -0.2) is 43.9 Å². The number of hydrogen-bond donors (Lipinski definition) is 1. The minimum Gasteiger partial charge on any atom is -0.351 e. The van der Waals surface area contributed by atoms with E-state index in [1.165, 1.54) is 0 Å². The summed E-state index contributed by atoms with van der Waals surface area (Å²) in [5.74, 6) is -0.581. The topological polar surface area (TPSA) is 32.3 Å². The van der Waals surface area contributed by atoms with Gasteiger partial charge >= 0.3 is 6.43 Å². The Balaban J connectivity index is 2.08. The first-order valence-electron chi connectivity index (χ1n) is 5.34. The second-order valence-electron chi connectivity index (χ2n) is 4.13. The highest BCUT2D eigenvalue weighted by molar-refractivity contribution is 5.78. The molecule has 15 heavy (non-hydrogen) atoms. The summed E-state index contributed by atoms with van der Waals surface area (Å²) >= 11 is 0. The maximum atomic E-state index is 11.8. The Kier molecular flexibility index (Phi) is 4.94. The van der Waals surface area contributed by atoms with Gasteiger partial charge in [0, 0.05) is 6.54 Å². The van der Waals surface area contributed by atoms with E-state index in [0.29, 0.717) is 12.5 Å². The molecule has 0 aromatic carbocycles. The number of nitrogens with zero attached hydrogens (tertiary/aromatic N) is 1. The molecule has 88 valence electrons. The Labute approximate surface area is 88.8 Å². The third kappa shape index (κ3) is 4.55. The monoisotopic (exact) mass is 220 g/mol. The largest absolute Gasteiger partial charge is 0.351 e. The fraction of sp³-hybridized carbons (Fsp3) is 0.900. The standard InChI is InChI=1S/C10H18F2N2O/c1-14-6-3-8(4-7-14)2-5-13-10(15)9(11)12/h8-9H,2-7H2,1H3,(H,13,15). The SMILES string of the molecule is CN1CCC(CCNC(=O)C(F)F)CC1. The molecule has 5 heteroatoms. The summed E-state index contributed by atoms with van der Waals surface area (Å²) in [6.07, 6.45) is 0.122. The van der Waals surface area contributed by atoms with Crippen LogP contribution in [0.5, 0.6) is 0 Å². The number of alkyl halides is 2. The lowest BCUT2D eigenvalue weighted by Gasteiger charge is -2.28. The van der Waals surface area contributed by atoms with Gasteiger partial charge in [-0.25, -0.2) is 0 Å². The molecule has 1 saturated heterocycles. The molecule has 1 amide bonds. The van der Waals surface area contributed by atoms with Crippen LogP contribution in [0.2, 0.25) is 0 Å². The first-order chi connectivity index (χ1) is 7.09. The van der Waals surface area contributed by atoms with Gasteiger partial charge in [0.15, 0.2) is 0 Å². The van der Waals surface area contributed by atoms with Crippen molar-refractivity contribution >= 4 is 5.91 Å². The number of amides is 1. The van der Waals surface area contributed by atoms with Crippen molar-refractivity contribution in [3.63, 3.8) is 0 Å². The molecule has 1 aliphatic rings. The van der Waals surface area contributed by atoms with Crippen LogP contribution in [0.15, 0.2) is 0 Å². The zero-order chi connectivity index (χ0) is 11.3. The van der Waals surface area contributed by atoms with Gasteiger partial charge in [-0.1, -0.05) is 0 Å². The number of nitrogens with one attached hydrogen (secondary N) is 1. The smallest absolute Gasteiger partial charge is 0.315 e. The average Bonchev–Trinajstić information content (AvgIpc) is 2.20. The Morgan fingerprint density at radius 1 is 1.47 bits per heavy atom. The highest BCUT2D eigenvalue weighted by atomic mass is 19.3. The van der Waals surface area contributed by atoms with E-state index in [-0.39, 0.29) is 0 Å². The molecule has 1 rings (SSSR count). The fourth-order valence-electron chi connectivity index (χ4n) is 1.83. The second kappa shape index (κ2) is 6.00. The van der Waals surface area contributed by atoms with Gasteiger partial charge < -0.3 is 10.2 Å². The molecule has 1 fully saturated rings. The summed E-state index contributed by atoms with van der Waals surface area (Å²) in [7, 11) is 2.08. The van der Waals surface area contributed by atoms with E-state index in [4.69, 9.17) is 0 Å². The van der Waals surface area contributed by atoms with Crippen LogP contribution >= 0.6 is 0 Å². The van der Waals surface area contributed by atoms with Crippen LogP contribution < -0.4 is 5.32 Å². The minimum absolute atomic E-state index is 0.373. The molecule has 0 spiro atoms. The predicted octanol–water partition coefficient (Wildman–Crippen LogP) is 1.10. The van der Waals surface area contributed by atoms with Crippen LogP contribution in [0.4, 0.5) is 8.78 Å². The van der Waals surface area contributed by atoms with Crippen LogP contribution in [0, 0.1) is 5.92 Å². The van der Waals surface area contributed by atoms with Crippen LogP contribution in [0.1, 0.15) is 19.3 Å². The van der Waals surface area contributed by atoms with E-state index >= 15 is 0 Å². The molecule has 3 nitrogen and oxygen atoms in total. The molecular formula is C10H18F2N2O. The number of halogens is 2. The summed E-state index contributed by atoms with van der Waals surface area (Å²) in [6, 6.07) is 0. The molecule has 0 radical (unpaired) electrons. The molecule has 1 N–H and O–H groups in total. The van der Waals surface area contributed by atoms with Gasteiger partial charge in [0.05, 0.1) is 0 Å². The number of carbonyl (C=O) groups excluding carboxylic acids is 1. The van der Waals surface area contributed by atoms with E-state index in [2.05, 4.69) is 17.3 Å². The highest BCUT2D eigenvalue weighted by Crippen LogP contribution is 2.18. The summed E-state index contributed by atoms with van der Waals surface area (Å²) in [4.78, 5) is 12.8. The Hall–Kier alpha value is -0.710. The number of likely N-dealkylation sites (tertiary alicyclic amines) is 1. The summed E-state index contributed by atoms with van der Waals surface area (Å²) < 4.78 is 23.7. The number of rotatable bonds is 4. The van der Waals surface area contributed by atoms with Crippen molar-refractivity contribution in [2.75, 3.05) is 26.7 Å². The maximum Gasteiger partial charge on any atom is 0.315 e. The van der Waals surface area contributed by atoms with Gasteiger partial charge in [0.1, 0.15) is 0 Å². The third-order valence-corrected chi connectivity index (χ3v) is 2.89. The van der Waals surface area contributed by atoms with Crippen molar-refractivity contribution in [1.29, 1.82) is 0 Å². The zero-order valence-electron chi connectivity index (χ0n) is 9.01. The van der Waals surface area contributed by atoms with Crippen LogP contribution in [0.25, 0.3) is 0 Å². The number of hydrogen-bond acceptors (Lipinski definition) is 2. The average molecular weight is 220 g/mol. The number of piperidine rings is 1. The van der Waals surface area contributed by atoms with Gasteiger partial charge in [-0.15, -0.1) is 0 Å². The molecular weight excluding hydrogens is 202 g/mol. The molecule has 1 heterocycles. The molecule has 0 aromatic rings. The van der Waals surface area contributed by atoms with E-state index in [1.807, 2.05) is 0 Å². The first-order valence-corrected chi connectivity index (χ1v) is 5.34. The highest BCUT2D eigenvalue weighted by Gasteiger charge is 2.18. The Bertz CT molecular complexity index is 204.